The lowest BCUT2D eigenvalue weighted by atomic mass is 9.87. The van der Waals surface area contributed by atoms with E-state index in [9.17, 15) is 9.18 Å². The number of benzene rings is 1. The van der Waals surface area contributed by atoms with Crippen LogP contribution < -0.4 is 4.90 Å². The highest BCUT2D eigenvalue weighted by Crippen LogP contribution is 2.47. The van der Waals surface area contributed by atoms with Crippen molar-refractivity contribution in [2.45, 2.75) is 57.0 Å². The Kier molecular flexibility index (Phi) is 4.46. The Bertz CT molecular complexity index is 668. The molecule has 1 atom stereocenters. The molecule has 1 aromatic rings. The Morgan fingerprint density at radius 3 is 2.46 bits per heavy atom. The van der Waals surface area contributed by atoms with Crippen LogP contribution in [0, 0.1) is 5.82 Å². The van der Waals surface area contributed by atoms with Gasteiger partial charge in [0.25, 0.3) is 0 Å². The number of amides is 1. The van der Waals surface area contributed by atoms with Gasteiger partial charge in [-0.3, -0.25) is 9.69 Å². The van der Waals surface area contributed by atoms with E-state index >= 15 is 0 Å². The molecule has 3 fully saturated rings. The van der Waals surface area contributed by atoms with Crippen LogP contribution in [-0.4, -0.2) is 59.5 Å². The second-order valence-corrected chi connectivity index (χ2v) is 8.91. The maximum absolute atomic E-state index is 13.3. The number of hydrogen-bond acceptors (Lipinski definition) is 3. The standard InChI is InChI=1S/C21H30FN3O/c1-20(2)15-21(16-25(20)18-8-6-17(22)7-9-18)10-5-13-24(21)19(26)14-23-11-3-4-12-23/h6-9H,3-5,10-16H2,1-2H3. The fraction of sp³-hybridized carbons (Fsp3) is 0.667. The van der Waals surface area contributed by atoms with Crippen LogP contribution in [0.15, 0.2) is 24.3 Å². The highest BCUT2D eigenvalue weighted by Gasteiger charge is 2.54. The largest absolute Gasteiger partial charge is 0.364 e. The van der Waals surface area contributed by atoms with Gasteiger partial charge in [-0.25, -0.2) is 4.39 Å². The smallest absolute Gasteiger partial charge is 0.237 e. The van der Waals surface area contributed by atoms with Crippen molar-refractivity contribution in [3.8, 4) is 0 Å². The SMILES string of the molecule is CC1(C)CC2(CCCN2C(=O)CN2CCCC2)CN1c1ccc(F)cc1. The lowest BCUT2D eigenvalue weighted by Crippen LogP contribution is -2.52. The molecule has 1 spiro atoms. The highest BCUT2D eigenvalue weighted by atomic mass is 19.1. The minimum Gasteiger partial charge on any atom is -0.364 e. The average Bonchev–Trinajstić information content (AvgIpc) is 3.28. The Balaban J connectivity index is 1.55. The number of carbonyl (C=O) groups excluding carboxylic acids is 1. The van der Waals surface area contributed by atoms with Gasteiger partial charge in [0.15, 0.2) is 0 Å². The lowest BCUT2D eigenvalue weighted by Gasteiger charge is -2.36. The summed E-state index contributed by atoms with van der Waals surface area (Å²) < 4.78 is 13.3. The first-order chi connectivity index (χ1) is 12.4. The first kappa shape index (κ1) is 17.8. The number of likely N-dealkylation sites (tertiary alicyclic amines) is 2. The maximum Gasteiger partial charge on any atom is 0.237 e. The molecule has 4 nitrogen and oxygen atoms in total. The van der Waals surface area contributed by atoms with Gasteiger partial charge >= 0.3 is 0 Å². The van der Waals surface area contributed by atoms with E-state index in [4.69, 9.17) is 0 Å². The molecule has 5 heteroatoms. The van der Waals surface area contributed by atoms with Crippen molar-refractivity contribution in [1.29, 1.82) is 0 Å². The van der Waals surface area contributed by atoms with Crippen LogP contribution in [0.1, 0.15) is 46.0 Å². The fourth-order valence-corrected chi connectivity index (χ4v) is 5.42. The van der Waals surface area contributed by atoms with Gasteiger partial charge in [-0.05, 0) is 83.3 Å². The molecule has 3 heterocycles. The summed E-state index contributed by atoms with van der Waals surface area (Å²) in [5.41, 5.74) is 0.926. The highest BCUT2D eigenvalue weighted by molar-refractivity contribution is 5.80. The molecule has 1 aromatic carbocycles. The zero-order valence-corrected chi connectivity index (χ0v) is 16.0. The molecule has 3 saturated heterocycles. The van der Waals surface area contributed by atoms with Crippen molar-refractivity contribution in [3.05, 3.63) is 30.1 Å². The molecular formula is C21H30FN3O. The molecular weight excluding hydrogens is 329 g/mol. The molecule has 26 heavy (non-hydrogen) atoms. The summed E-state index contributed by atoms with van der Waals surface area (Å²) in [5.74, 6) is 0.0879. The molecule has 3 aliphatic rings. The van der Waals surface area contributed by atoms with Gasteiger partial charge in [-0.15, -0.1) is 0 Å². The van der Waals surface area contributed by atoms with Crippen molar-refractivity contribution in [2.75, 3.05) is 37.6 Å². The van der Waals surface area contributed by atoms with Crippen LogP contribution in [0.5, 0.6) is 0 Å². The topological polar surface area (TPSA) is 26.8 Å². The molecule has 0 bridgehead atoms. The summed E-state index contributed by atoms with van der Waals surface area (Å²) >= 11 is 0. The van der Waals surface area contributed by atoms with E-state index < -0.39 is 0 Å². The van der Waals surface area contributed by atoms with Crippen LogP contribution in [-0.2, 0) is 4.79 Å². The Labute approximate surface area is 155 Å². The monoisotopic (exact) mass is 359 g/mol. The zero-order chi connectivity index (χ0) is 18.4. The van der Waals surface area contributed by atoms with E-state index in [0.717, 1.165) is 51.1 Å². The van der Waals surface area contributed by atoms with Crippen molar-refractivity contribution in [2.24, 2.45) is 0 Å². The van der Waals surface area contributed by atoms with Crippen LogP contribution >= 0.6 is 0 Å². The summed E-state index contributed by atoms with van der Waals surface area (Å²) in [6.45, 7) is 8.88. The second kappa shape index (κ2) is 6.52. The van der Waals surface area contributed by atoms with Gasteiger partial charge in [0.1, 0.15) is 5.82 Å². The summed E-state index contributed by atoms with van der Waals surface area (Å²) in [6, 6.07) is 6.78. The van der Waals surface area contributed by atoms with Crippen LogP contribution in [0.25, 0.3) is 0 Å². The van der Waals surface area contributed by atoms with Crippen LogP contribution in [0.3, 0.4) is 0 Å². The number of carbonyl (C=O) groups is 1. The first-order valence-corrected chi connectivity index (χ1v) is 9.96. The summed E-state index contributed by atoms with van der Waals surface area (Å²) in [7, 11) is 0. The Hall–Kier alpha value is -1.62. The van der Waals surface area contributed by atoms with Crippen LogP contribution in [0.4, 0.5) is 10.1 Å². The van der Waals surface area contributed by atoms with Gasteiger partial charge in [-0.1, -0.05) is 0 Å². The van der Waals surface area contributed by atoms with Gasteiger partial charge in [-0.2, -0.15) is 0 Å². The molecule has 142 valence electrons. The van der Waals surface area contributed by atoms with E-state index in [1.165, 1.54) is 25.0 Å². The number of anilines is 1. The van der Waals surface area contributed by atoms with Gasteiger partial charge in [0, 0.05) is 24.3 Å². The first-order valence-electron chi connectivity index (χ1n) is 9.96. The molecule has 0 radical (unpaired) electrons. The third kappa shape index (κ3) is 3.11. The molecule has 0 N–H and O–H groups in total. The third-order valence-electron chi connectivity index (χ3n) is 6.54. The van der Waals surface area contributed by atoms with Crippen molar-refractivity contribution in [1.82, 2.24) is 9.80 Å². The minimum atomic E-state index is -0.205. The molecule has 4 rings (SSSR count). The van der Waals surface area contributed by atoms with Crippen molar-refractivity contribution >= 4 is 11.6 Å². The van der Waals surface area contributed by atoms with Gasteiger partial charge in [0.2, 0.25) is 5.91 Å². The maximum atomic E-state index is 13.3. The Morgan fingerprint density at radius 2 is 1.77 bits per heavy atom. The van der Waals surface area contributed by atoms with E-state index in [1.807, 2.05) is 12.1 Å². The van der Waals surface area contributed by atoms with E-state index in [-0.39, 0.29) is 16.9 Å². The molecule has 1 amide bonds. The van der Waals surface area contributed by atoms with Crippen LogP contribution in [0.2, 0.25) is 0 Å². The van der Waals surface area contributed by atoms with E-state index in [0.29, 0.717) is 12.5 Å². The quantitative estimate of drug-likeness (QED) is 0.829. The Morgan fingerprint density at radius 1 is 1.08 bits per heavy atom. The summed E-state index contributed by atoms with van der Waals surface area (Å²) in [5, 5.41) is 0. The minimum absolute atomic E-state index is 0.0473. The lowest BCUT2D eigenvalue weighted by molar-refractivity contribution is -0.135. The summed E-state index contributed by atoms with van der Waals surface area (Å²) in [6.07, 6.45) is 5.55. The van der Waals surface area contributed by atoms with E-state index in [2.05, 4.69) is 28.5 Å². The molecule has 0 aliphatic carbocycles. The molecule has 0 aromatic heterocycles. The summed E-state index contributed by atoms with van der Waals surface area (Å²) in [4.78, 5) is 19.9. The average molecular weight is 359 g/mol. The third-order valence-corrected chi connectivity index (χ3v) is 6.54. The fourth-order valence-electron chi connectivity index (χ4n) is 5.42. The molecule has 1 unspecified atom stereocenters. The number of rotatable bonds is 3. The predicted molar refractivity (Wildman–Crippen MR) is 102 cm³/mol. The predicted octanol–water partition coefficient (Wildman–Crippen LogP) is 3.27. The van der Waals surface area contributed by atoms with Gasteiger partial charge in [0.05, 0.1) is 12.1 Å². The molecule has 0 saturated carbocycles. The molecule has 3 aliphatic heterocycles. The van der Waals surface area contributed by atoms with E-state index in [1.54, 1.807) is 0 Å². The second-order valence-electron chi connectivity index (χ2n) is 8.91. The van der Waals surface area contributed by atoms with Gasteiger partial charge < -0.3 is 9.80 Å². The van der Waals surface area contributed by atoms with Crippen molar-refractivity contribution < 1.29 is 9.18 Å². The van der Waals surface area contributed by atoms with Crippen molar-refractivity contribution in [3.63, 3.8) is 0 Å². The number of hydrogen-bond donors (Lipinski definition) is 0. The zero-order valence-electron chi connectivity index (χ0n) is 16.0. The number of halogens is 1. The number of nitrogens with zero attached hydrogens (tertiary/aromatic N) is 3. The normalized spacial score (nSPS) is 28.4.